The smallest absolute Gasteiger partial charge is 0.433 e. The normalized spacial score (nSPS) is 10.9. The molecule has 40 heteroatoms. The third-order valence-corrected chi connectivity index (χ3v) is 16.0. The Morgan fingerprint density at radius 1 is 0.535 bits per heavy atom. The lowest BCUT2D eigenvalue weighted by Gasteiger charge is -1.97. The molecular weight excluding hydrogens is 1740 g/mol. The first-order valence-electron chi connectivity index (χ1n) is 37.7. The lowest BCUT2D eigenvalue weighted by atomic mass is 10.1. The monoisotopic (exact) mass is 1830 g/mol. The number of alkyl halides is 1. The van der Waals surface area contributed by atoms with Crippen LogP contribution in [0.1, 0.15) is 209 Å². The van der Waals surface area contributed by atoms with E-state index >= 15 is 0 Å². The summed E-state index contributed by atoms with van der Waals surface area (Å²) in [7, 11) is 0. The van der Waals surface area contributed by atoms with Crippen LogP contribution in [0.15, 0.2) is 196 Å². The first kappa shape index (κ1) is 117. The van der Waals surface area contributed by atoms with Gasteiger partial charge in [0.25, 0.3) is 0 Å². The number of carboxylic acid groups (broad SMARTS) is 14. The van der Waals surface area contributed by atoms with Gasteiger partial charge >= 0.3 is 89.5 Å². The van der Waals surface area contributed by atoms with Gasteiger partial charge in [-0.2, -0.15) is 0 Å². The van der Waals surface area contributed by atoms with Crippen LogP contribution in [0.2, 0.25) is 10.2 Å². The van der Waals surface area contributed by atoms with E-state index in [0.717, 1.165) is 122 Å². The molecule has 2 aliphatic carbocycles. The molecular formula is C87H101Cl3N4O33. The summed E-state index contributed by atoms with van der Waals surface area (Å²) >= 11 is 16.0. The molecule has 0 amide bonds. The van der Waals surface area contributed by atoms with Crippen LogP contribution in [-0.4, -0.2) is 181 Å². The maximum Gasteiger partial charge on any atom is 0.433 e. The molecule has 0 bridgehead atoms. The number of aliphatic carboxylic acids is 8. The number of furan rings is 3. The molecule has 0 aliphatic heterocycles. The Morgan fingerprint density at radius 2 is 1.05 bits per heavy atom. The number of nitrogens with zero attached hydrogens (tertiary/aromatic N) is 4. The summed E-state index contributed by atoms with van der Waals surface area (Å²) < 4.78 is 13.8. The van der Waals surface area contributed by atoms with E-state index < -0.39 is 100 Å². The van der Waals surface area contributed by atoms with Crippen molar-refractivity contribution in [1.82, 2.24) is 15.0 Å². The van der Waals surface area contributed by atoms with E-state index in [2.05, 4.69) is 30.7 Å². The number of carboxylic acids is 14. The number of rotatable bonds is 23. The molecule has 14 N–H and O–H groups in total. The van der Waals surface area contributed by atoms with Gasteiger partial charge in [0.1, 0.15) is 33.4 Å². The van der Waals surface area contributed by atoms with Gasteiger partial charge < -0.3 is 84.7 Å². The summed E-state index contributed by atoms with van der Waals surface area (Å²) in [5.41, 5.74) is 5.33. The number of fused-ring (bicyclic) bond motifs is 1. The molecule has 37 nitrogen and oxygen atoms in total. The van der Waals surface area contributed by atoms with Crippen LogP contribution in [0.4, 0.5) is 5.88 Å². The highest BCUT2D eigenvalue weighted by Gasteiger charge is 2.29. The zero-order valence-electron chi connectivity index (χ0n) is 70.1. The number of para-hydroxylation sites is 1. The molecule has 2 saturated carbocycles. The second-order valence-corrected chi connectivity index (χ2v) is 27.1. The second-order valence-electron chi connectivity index (χ2n) is 26.0. The quantitative estimate of drug-likeness (QED) is 0.00706. The van der Waals surface area contributed by atoms with Gasteiger partial charge in [-0.05, 0) is 145 Å². The zero-order chi connectivity index (χ0) is 97.3. The number of carbonyl (C=O) groups is 14. The molecule has 688 valence electrons. The van der Waals surface area contributed by atoms with Gasteiger partial charge in [-0.1, -0.05) is 154 Å². The number of aromatic nitrogens is 3. The van der Waals surface area contributed by atoms with E-state index in [9.17, 15) is 77.2 Å². The first-order chi connectivity index (χ1) is 59.6. The molecule has 0 spiro atoms. The molecule has 2 fully saturated rings. The second kappa shape index (κ2) is 68.0. The van der Waals surface area contributed by atoms with Crippen molar-refractivity contribution in [3.05, 3.63) is 265 Å². The largest absolute Gasteiger partial charge is 0.481 e. The average Bonchev–Trinajstić information content (AvgIpc) is 1.74. The van der Waals surface area contributed by atoms with Gasteiger partial charge in [0, 0.05) is 60.5 Å². The molecule has 3 aromatic carbocycles. The van der Waals surface area contributed by atoms with Crippen molar-refractivity contribution < 1.29 is 157 Å². The van der Waals surface area contributed by atoms with Gasteiger partial charge in [0.05, 0.1) is 69.3 Å². The number of benzene rings is 3. The number of allylic oxidation sites excluding steroid dienone is 1. The third kappa shape index (κ3) is 62.3. The number of pyridine rings is 3. The fraction of sp³-hybridized carbons (Fsp3) is 0.299. The van der Waals surface area contributed by atoms with Gasteiger partial charge in [0.2, 0.25) is 5.76 Å². The lowest BCUT2D eigenvalue weighted by Crippen LogP contribution is -2.07. The Balaban J connectivity index is -0.00000131. The number of halogens is 3. The Kier molecular flexibility index (Phi) is 62.5. The van der Waals surface area contributed by atoms with Crippen molar-refractivity contribution in [1.29, 1.82) is 0 Å². The number of nitro groups is 1. The van der Waals surface area contributed by atoms with Crippen LogP contribution in [0.5, 0.6) is 0 Å². The van der Waals surface area contributed by atoms with Crippen molar-refractivity contribution in [3.63, 3.8) is 0 Å². The van der Waals surface area contributed by atoms with Gasteiger partial charge in [-0.25, -0.2) is 43.3 Å². The fourth-order valence-electron chi connectivity index (χ4n) is 8.25. The topological polar surface area (TPSA) is 643 Å². The van der Waals surface area contributed by atoms with E-state index in [1.54, 1.807) is 52.8 Å². The predicted molar refractivity (Wildman–Crippen MR) is 463 cm³/mol. The maximum absolute atomic E-state index is 10.6. The van der Waals surface area contributed by atoms with Crippen LogP contribution in [0, 0.1) is 48.6 Å². The molecule has 6 aromatic heterocycles. The van der Waals surface area contributed by atoms with Crippen LogP contribution in [-0.2, 0) is 44.8 Å². The summed E-state index contributed by atoms with van der Waals surface area (Å²) in [5.74, 6) is -12.1. The lowest BCUT2D eigenvalue weighted by molar-refractivity contribution is -0.402. The van der Waals surface area contributed by atoms with Crippen LogP contribution in [0.3, 0.4) is 0 Å². The highest BCUT2D eigenvalue weighted by molar-refractivity contribution is 6.41. The maximum atomic E-state index is 10.6. The van der Waals surface area contributed by atoms with E-state index in [0.29, 0.717) is 24.4 Å². The molecule has 11 rings (SSSR count). The zero-order valence-corrected chi connectivity index (χ0v) is 72.4. The summed E-state index contributed by atoms with van der Waals surface area (Å²) in [5, 5.41) is 127. The van der Waals surface area contributed by atoms with Crippen molar-refractivity contribution in [2.75, 3.05) is 5.88 Å². The SMILES string of the molecule is CC(C)=CC(=O)O.CCC(C)C(=O)O.CCCCCC(=O)O.Cc1cc(C(=O)O)c(C)o1.Cc1ccc(C(=O)O)cn1.O=C(O)/C=C/c1ccccc1.O=C(O)C1CC1.O=C(O)C1CCCC1.O=C(O)CCCl.O=C(O)CCc1ccccc1.O=C(O)c1ccc([N+](=O)[O-])o1.O=C(O)c1ccoc1.O=C(O)c1cnc(Cl)c(Cl)c1.O=C(O)c1cnc2ccccc2c1. The number of hydrogen-bond acceptors (Lipinski definition) is 22. The molecule has 0 radical (unpaired) electrons. The summed E-state index contributed by atoms with van der Waals surface area (Å²) in [6, 6.07) is 37.3. The molecule has 2 aliphatic rings. The fourth-order valence-corrected chi connectivity index (χ4v) is 8.68. The molecule has 6 heterocycles. The summed E-state index contributed by atoms with van der Waals surface area (Å²) in [6.45, 7) is 14.3. The summed E-state index contributed by atoms with van der Waals surface area (Å²) in [6.07, 6.45) is 20.9. The van der Waals surface area contributed by atoms with Crippen LogP contribution >= 0.6 is 34.8 Å². The highest BCUT2D eigenvalue weighted by atomic mass is 35.5. The Hall–Kier alpha value is -14.5. The minimum atomic E-state index is -1.32. The Labute approximate surface area is 742 Å². The Bertz CT molecular complexity index is 4910. The van der Waals surface area contributed by atoms with Crippen molar-refractivity contribution in [2.24, 2.45) is 17.8 Å². The predicted octanol–water partition coefficient (Wildman–Crippen LogP) is 18.3. The summed E-state index contributed by atoms with van der Waals surface area (Å²) in [4.78, 5) is 162. The van der Waals surface area contributed by atoms with Gasteiger partial charge in [-0.3, -0.25) is 48.8 Å². The van der Waals surface area contributed by atoms with Crippen molar-refractivity contribution in [2.45, 2.75) is 145 Å². The number of hydrogen-bond donors (Lipinski definition) is 14. The number of aromatic carboxylic acids is 6. The van der Waals surface area contributed by atoms with Crippen molar-refractivity contribution >= 4 is 141 Å². The minimum absolute atomic E-state index is 0.0185. The minimum Gasteiger partial charge on any atom is -0.481 e. The number of unbranched alkanes of at least 4 members (excludes halogenated alkanes) is 2. The molecule has 0 saturated heterocycles. The highest BCUT2D eigenvalue weighted by Crippen LogP contribution is 2.28. The molecule has 127 heavy (non-hydrogen) atoms. The van der Waals surface area contributed by atoms with E-state index in [4.69, 9.17) is 111 Å². The number of aryl methyl sites for hydroxylation is 4. The van der Waals surface area contributed by atoms with E-state index in [1.165, 1.54) is 55.3 Å². The van der Waals surface area contributed by atoms with Gasteiger partial charge in [-0.15, -0.1) is 11.6 Å². The van der Waals surface area contributed by atoms with Crippen molar-refractivity contribution in [3.8, 4) is 0 Å². The van der Waals surface area contributed by atoms with E-state index in [1.807, 2.05) is 98.8 Å². The average molecular weight is 1840 g/mol. The van der Waals surface area contributed by atoms with Gasteiger partial charge in [0.15, 0.2) is 0 Å². The first-order valence-corrected chi connectivity index (χ1v) is 39.0. The standard InChI is InChI=1S/C10H7NO2.C9H10O2.C9H8O2.C7H7NO2.C7H8O3.C6H3Cl2NO2.C6H10O2.C6H12O2.C5H3NO5.C5H4O3.C5H8O2.C5H10O2.C4H6O2.C3H5ClO2/c12-10(13)8-5-7-3-1-2-4-9(7)11-6-8;2*10-9(11)7-6-8-4-2-1-3-5-8;1-5-2-3-6(4-8-5)7(9)10;1-4-3-6(7(8)9)5(2)10-4;7-4-1-3(6(10)11)2-9-5(4)8;7-6(8)5-3-1-2-4-5;1-2-3-4-5-6(7)8;7-5(8)3-1-2-4(11-3)6(9)10;6-5(7)4-1-2-8-3-4;1-4(2)3-5(6)7;1-3-4(2)5(6)7;5-4(6)3-1-2-3;4-2-1-3(5)6/h1-6H,(H,12,13);1-5H,6-7H2,(H,10,11);1-7H,(H,10,11);2-4H,1H3,(H,9,10);3H,1-2H3,(H,8,9);1-2H,(H,10,11);5H,1-4H2,(H,7,8);2-5H2,1H3,(H,7,8);1-2H,(H,7,8);1-3H,(H,6,7);3H,1-2H3,(H,6,7);4H,3H2,1-2H3,(H,6,7);3H,1-2H2,(H,5,6);1-2H2,(H,5,6)/b;;7-6+;;;;;;;;;;;. The molecule has 9 aromatic rings. The molecule has 1 atom stereocenters. The van der Waals surface area contributed by atoms with E-state index in [-0.39, 0.29) is 74.5 Å². The third-order valence-electron chi connectivity index (χ3n) is 15.1. The Morgan fingerprint density at radius 3 is 1.38 bits per heavy atom. The molecule has 1 unspecified atom stereocenters. The van der Waals surface area contributed by atoms with Crippen LogP contribution in [0.25, 0.3) is 17.0 Å². The van der Waals surface area contributed by atoms with Crippen LogP contribution < -0.4 is 0 Å².